The first-order chi connectivity index (χ1) is 12.3. The number of amidine groups is 1. The number of aromatic nitrogens is 2. The van der Waals surface area contributed by atoms with Crippen molar-refractivity contribution >= 4 is 17.5 Å². The van der Waals surface area contributed by atoms with Crippen LogP contribution >= 0.6 is 0 Å². The van der Waals surface area contributed by atoms with Crippen molar-refractivity contribution in [3.05, 3.63) is 48.2 Å². The lowest BCUT2D eigenvalue weighted by atomic mass is 10.2. The van der Waals surface area contributed by atoms with Crippen molar-refractivity contribution in [1.29, 1.82) is 0 Å². The Balaban J connectivity index is 2.44. The molecule has 1 aromatic heterocycles. The third-order valence-electron chi connectivity index (χ3n) is 3.62. The fourth-order valence-electron chi connectivity index (χ4n) is 2.25. The molecule has 1 aromatic carbocycles. The Kier molecular flexibility index (Phi) is 6.68. The molecule has 0 spiro atoms. The quantitative estimate of drug-likeness (QED) is 0.584. The lowest BCUT2D eigenvalue weighted by Gasteiger charge is -2.21. The van der Waals surface area contributed by atoms with Gasteiger partial charge < -0.3 is 21.3 Å². The summed E-state index contributed by atoms with van der Waals surface area (Å²) in [6.45, 7) is 3.51. The average Bonchev–Trinajstić information content (AvgIpc) is 2.59. The molecule has 1 heterocycles. The molecule has 2 aromatic rings. The van der Waals surface area contributed by atoms with Crippen LogP contribution in [0, 0.1) is 0 Å². The van der Waals surface area contributed by atoms with E-state index in [4.69, 9.17) is 16.5 Å². The molecule has 0 bridgehead atoms. The first-order valence-electron chi connectivity index (χ1n) is 8.43. The highest BCUT2D eigenvalue weighted by molar-refractivity contribution is 5.93. The zero-order valence-corrected chi connectivity index (χ0v) is 15.8. The van der Waals surface area contributed by atoms with Gasteiger partial charge in [-0.2, -0.15) is 0 Å². The van der Waals surface area contributed by atoms with Gasteiger partial charge >= 0.3 is 0 Å². The molecule has 138 valence electrons. The Hall–Kier alpha value is -2.93. The predicted octanol–water partition coefficient (Wildman–Crippen LogP) is 1.99. The second-order valence-electron chi connectivity index (χ2n) is 6.42. The van der Waals surface area contributed by atoms with Gasteiger partial charge in [-0.25, -0.2) is 15.0 Å². The summed E-state index contributed by atoms with van der Waals surface area (Å²) >= 11 is 0. The van der Waals surface area contributed by atoms with Gasteiger partial charge in [0.15, 0.2) is 11.6 Å². The van der Waals surface area contributed by atoms with Crippen molar-refractivity contribution in [2.24, 2.45) is 16.5 Å². The third kappa shape index (κ3) is 5.86. The minimum absolute atomic E-state index is 0.310. The van der Waals surface area contributed by atoms with E-state index in [2.05, 4.69) is 19.8 Å². The summed E-state index contributed by atoms with van der Waals surface area (Å²) in [7, 11) is 6.09. The number of allylic oxidation sites excluding steroid dienone is 1. The van der Waals surface area contributed by atoms with Crippen molar-refractivity contribution in [2.45, 2.75) is 6.92 Å². The minimum Gasteiger partial charge on any atom is -0.402 e. The molecule has 7 heteroatoms. The van der Waals surface area contributed by atoms with Crippen LogP contribution < -0.4 is 16.4 Å². The lowest BCUT2D eigenvalue weighted by Crippen LogP contribution is -2.29. The number of anilines is 1. The molecular weight excluding hydrogens is 326 g/mol. The fourth-order valence-corrected chi connectivity index (χ4v) is 2.25. The van der Waals surface area contributed by atoms with E-state index in [0.29, 0.717) is 23.2 Å². The molecule has 0 unspecified atom stereocenters. The Morgan fingerprint density at radius 1 is 1.08 bits per heavy atom. The van der Waals surface area contributed by atoms with Crippen LogP contribution in [0.4, 0.5) is 11.6 Å². The topological polar surface area (TPSA) is 96.7 Å². The van der Waals surface area contributed by atoms with Crippen LogP contribution in [0.15, 0.2) is 53.2 Å². The number of hydrogen-bond donors (Lipinski definition) is 2. The molecule has 0 saturated heterocycles. The molecule has 0 amide bonds. The SMILES string of the molecule is C/C(N)=C/C(N)=N/c1cc(N(C)CCN(C)C)nc(-c2ccccc2)n1. The molecule has 0 saturated carbocycles. The van der Waals surface area contributed by atoms with Gasteiger partial charge in [0.05, 0.1) is 0 Å². The van der Waals surface area contributed by atoms with Crippen molar-refractivity contribution in [2.75, 3.05) is 39.1 Å². The van der Waals surface area contributed by atoms with Crippen molar-refractivity contribution in [3.63, 3.8) is 0 Å². The summed E-state index contributed by atoms with van der Waals surface area (Å²) in [5.74, 6) is 2.21. The van der Waals surface area contributed by atoms with Gasteiger partial charge in [0.1, 0.15) is 11.7 Å². The molecule has 7 nitrogen and oxygen atoms in total. The molecule has 0 aliphatic heterocycles. The van der Waals surface area contributed by atoms with Crippen LogP contribution in [0.5, 0.6) is 0 Å². The van der Waals surface area contributed by atoms with Crippen LogP contribution in [0.2, 0.25) is 0 Å². The van der Waals surface area contributed by atoms with Crippen molar-refractivity contribution in [3.8, 4) is 11.4 Å². The highest BCUT2D eigenvalue weighted by Gasteiger charge is 2.10. The molecule has 0 radical (unpaired) electrons. The van der Waals surface area contributed by atoms with Crippen LogP contribution in [-0.4, -0.2) is 54.9 Å². The largest absolute Gasteiger partial charge is 0.402 e. The Labute approximate surface area is 155 Å². The first kappa shape index (κ1) is 19.4. The molecule has 0 fully saturated rings. The summed E-state index contributed by atoms with van der Waals surface area (Å²) < 4.78 is 0. The zero-order chi connectivity index (χ0) is 19.1. The molecule has 0 aliphatic carbocycles. The normalized spacial score (nSPS) is 12.5. The fraction of sp³-hybridized carbons (Fsp3) is 0.316. The number of hydrogen-bond acceptors (Lipinski definition) is 6. The summed E-state index contributed by atoms with van der Waals surface area (Å²) in [4.78, 5) is 17.8. The van der Waals surface area contributed by atoms with Crippen molar-refractivity contribution in [1.82, 2.24) is 14.9 Å². The number of rotatable bonds is 7. The van der Waals surface area contributed by atoms with E-state index in [9.17, 15) is 0 Å². The Morgan fingerprint density at radius 2 is 1.77 bits per heavy atom. The van der Waals surface area contributed by atoms with Gasteiger partial charge in [-0.1, -0.05) is 30.3 Å². The summed E-state index contributed by atoms with van der Waals surface area (Å²) in [6, 6.07) is 11.6. The maximum Gasteiger partial charge on any atom is 0.163 e. The van der Waals surface area contributed by atoms with E-state index >= 15 is 0 Å². The monoisotopic (exact) mass is 353 g/mol. The Morgan fingerprint density at radius 3 is 2.38 bits per heavy atom. The van der Waals surface area contributed by atoms with Gasteiger partial charge in [0, 0.05) is 37.5 Å². The first-order valence-corrected chi connectivity index (χ1v) is 8.43. The zero-order valence-electron chi connectivity index (χ0n) is 15.8. The molecule has 2 rings (SSSR count). The second-order valence-corrected chi connectivity index (χ2v) is 6.42. The predicted molar refractivity (Wildman–Crippen MR) is 109 cm³/mol. The van der Waals surface area contributed by atoms with E-state index < -0.39 is 0 Å². The molecule has 0 atom stereocenters. The van der Waals surface area contributed by atoms with Crippen LogP contribution in [0.25, 0.3) is 11.4 Å². The molecule has 4 N–H and O–H groups in total. The van der Waals surface area contributed by atoms with Gasteiger partial charge in [-0.05, 0) is 27.1 Å². The number of aliphatic imine (C=N–C) groups is 1. The standard InChI is InChI=1S/C19H27N7/c1-14(20)12-16(21)22-17-13-18(26(4)11-10-25(2)3)24-19(23-17)15-8-6-5-7-9-15/h5-9,12-13H,10-11,20H2,1-4H3,(H2,21,22,23,24)/b14-12-. The number of likely N-dealkylation sites (N-methyl/N-ethyl adjacent to an activating group) is 2. The van der Waals surface area contributed by atoms with E-state index in [1.165, 1.54) is 0 Å². The highest BCUT2D eigenvalue weighted by atomic mass is 15.2. The van der Waals surface area contributed by atoms with E-state index in [0.717, 1.165) is 24.5 Å². The second kappa shape index (κ2) is 8.96. The number of nitrogens with two attached hydrogens (primary N) is 2. The summed E-state index contributed by atoms with van der Waals surface area (Å²) in [5.41, 5.74) is 13.1. The van der Waals surface area contributed by atoms with Gasteiger partial charge in [-0.15, -0.1) is 0 Å². The highest BCUT2D eigenvalue weighted by Crippen LogP contribution is 2.23. The average molecular weight is 353 g/mol. The smallest absolute Gasteiger partial charge is 0.163 e. The Bertz CT molecular complexity index is 778. The van der Waals surface area contributed by atoms with Crippen LogP contribution in [0.1, 0.15) is 6.92 Å². The third-order valence-corrected chi connectivity index (χ3v) is 3.62. The van der Waals surface area contributed by atoms with Crippen LogP contribution in [0.3, 0.4) is 0 Å². The van der Waals surface area contributed by atoms with Gasteiger partial charge in [-0.3, -0.25) is 0 Å². The van der Waals surface area contributed by atoms with E-state index in [-0.39, 0.29) is 0 Å². The number of nitrogens with zero attached hydrogens (tertiary/aromatic N) is 5. The van der Waals surface area contributed by atoms with E-state index in [1.807, 2.05) is 57.5 Å². The molecule has 26 heavy (non-hydrogen) atoms. The molecular formula is C19H27N7. The minimum atomic E-state index is 0.310. The maximum absolute atomic E-state index is 5.93. The van der Waals surface area contributed by atoms with E-state index in [1.54, 1.807) is 13.0 Å². The molecule has 0 aliphatic rings. The maximum atomic E-state index is 5.93. The van der Waals surface area contributed by atoms with Crippen molar-refractivity contribution < 1.29 is 0 Å². The number of benzene rings is 1. The summed E-state index contributed by atoms with van der Waals surface area (Å²) in [6.07, 6.45) is 1.61. The van der Waals surface area contributed by atoms with Crippen LogP contribution in [-0.2, 0) is 0 Å². The lowest BCUT2D eigenvalue weighted by molar-refractivity contribution is 0.416. The summed E-state index contributed by atoms with van der Waals surface area (Å²) in [5, 5.41) is 0. The van der Waals surface area contributed by atoms with Gasteiger partial charge in [0.25, 0.3) is 0 Å². The van der Waals surface area contributed by atoms with Gasteiger partial charge in [0.2, 0.25) is 0 Å².